The Morgan fingerprint density at radius 1 is 0.923 bits per heavy atom. The maximum atomic E-state index is 11.9. The summed E-state index contributed by atoms with van der Waals surface area (Å²) in [4.78, 5) is 4.56. The third kappa shape index (κ3) is 5.59. The third-order valence-electron chi connectivity index (χ3n) is 7.94. The van der Waals surface area contributed by atoms with Crippen molar-refractivity contribution in [1.82, 2.24) is 0 Å². The molecule has 0 amide bonds. The molecule has 0 saturated heterocycles. The monoisotopic (exact) mass is 631 g/mol. The van der Waals surface area contributed by atoms with Gasteiger partial charge in [-0.15, -0.1) is 5.75 Å². The fraction of sp³-hybridized carbons (Fsp3) is 0.382. The minimum Gasteiger partial charge on any atom is -0.253 e. The van der Waals surface area contributed by atoms with Crippen molar-refractivity contribution in [2.75, 3.05) is 0 Å². The van der Waals surface area contributed by atoms with Gasteiger partial charge in [-0.2, -0.15) is 0 Å². The number of hydrogen-bond acceptors (Lipinski definition) is 2. The van der Waals surface area contributed by atoms with E-state index in [1.54, 1.807) is 41.2 Å². The van der Waals surface area contributed by atoms with Crippen molar-refractivity contribution in [2.24, 2.45) is 4.99 Å². The zero-order valence-corrected chi connectivity index (χ0v) is 29.2. The Kier molecular flexibility index (Phi) is 8.20. The molecule has 2 heterocycles. The molecule has 2 nitrogen and oxygen atoms in total. The van der Waals surface area contributed by atoms with Crippen LogP contribution in [0.3, 0.4) is 0 Å². The van der Waals surface area contributed by atoms with E-state index in [0.717, 1.165) is 14.8 Å². The van der Waals surface area contributed by atoms with E-state index in [1.807, 2.05) is 26.8 Å². The number of fused-ring (bicyclic) bond motifs is 1. The summed E-state index contributed by atoms with van der Waals surface area (Å²) in [6, 6.07) is 12.1. The zero-order chi connectivity index (χ0) is 29.1. The zero-order valence-electron chi connectivity index (χ0n) is 25.0. The molecule has 202 valence electrons. The van der Waals surface area contributed by atoms with Gasteiger partial charge in [-0.1, -0.05) is 84.4 Å². The maximum Gasteiger partial charge on any atom is 0.116 e. The Morgan fingerprint density at radius 2 is 1.56 bits per heavy atom. The van der Waals surface area contributed by atoms with Gasteiger partial charge in [0.05, 0.1) is 5.70 Å². The van der Waals surface area contributed by atoms with Crippen LogP contribution in [-0.4, -0.2) is 13.8 Å². The van der Waals surface area contributed by atoms with Crippen molar-refractivity contribution in [1.29, 1.82) is 0 Å². The summed E-state index contributed by atoms with van der Waals surface area (Å²) >= 11 is 7.99. The summed E-state index contributed by atoms with van der Waals surface area (Å²) in [5, 5.41) is 15.7. The molecule has 0 bridgehead atoms. The van der Waals surface area contributed by atoms with Crippen molar-refractivity contribution >= 4 is 31.5 Å². The van der Waals surface area contributed by atoms with Crippen LogP contribution in [0.2, 0.25) is 18.1 Å². The molecular weight excluding hydrogens is 593 g/mol. The minimum absolute atomic E-state index is 0.0329. The number of hydrogen-bond donors (Lipinski definition) is 0. The van der Waals surface area contributed by atoms with Crippen LogP contribution in [-0.2, 0) is 35.5 Å². The largest absolute Gasteiger partial charge is 0.253 e. The molecule has 1 unspecified atom stereocenters. The number of rotatable bonds is 0. The summed E-state index contributed by atoms with van der Waals surface area (Å²) in [6.45, 7) is 21.6. The molecular formula is C34H40ClNOSiZr. The predicted octanol–water partition coefficient (Wildman–Crippen LogP) is 9.08. The van der Waals surface area contributed by atoms with E-state index >= 15 is 0 Å². The Bertz CT molecular complexity index is 1490. The number of nitrogens with zero attached hydrogens (tertiary/aromatic N) is 1. The summed E-state index contributed by atoms with van der Waals surface area (Å²) in [7, 11) is -1.17. The second kappa shape index (κ2) is 10.6. The van der Waals surface area contributed by atoms with Crippen molar-refractivity contribution in [3.05, 3.63) is 103 Å². The number of benzene rings is 2. The SMILES string of the molecule is CC(C)(C)c1ccc([O-])c(C(C)(C)C)c1Cl.CC1=Cc2ccccc2[CH]1[Zr+].CC1=NC2=CC=C3C2=C1[Si]3(C)C. The second-order valence-electron chi connectivity index (χ2n) is 13.5. The van der Waals surface area contributed by atoms with Gasteiger partial charge in [0, 0.05) is 16.3 Å². The van der Waals surface area contributed by atoms with Crippen LogP contribution >= 0.6 is 11.6 Å². The molecule has 39 heavy (non-hydrogen) atoms. The van der Waals surface area contributed by atoms with E-state index in [1.165, 1.54) is 33.7 Å². The Morgan fingerprint density at radius 3 is 2.15 bits per heavy atom. The molecule has 6 rings (SSSR count). The summed E-state index contributed by atoms with van der Waals surface area (Å²) in [5.74, 6) is 0.0329. The molecule has 0 spiro atoms. The maximum absolute atomic E-state index is 11.9. The standard InChI is InChI=1S/C14H21ClO.C10H11NSi.C10H9.Zr/c1-13(2,3)9-7-8-10(16)11(12(9)15)14(4,5)6;1-6-10-9-7(11-6)4-5-8(9)12(10,2)3;1-8-6-9-4-2-3-5-10(9)7-8;/h7-8,16H,1-6H3;4-5H,1-3H3;2-7H,1H3;/q;;;+1/p-1. The third-order valence-corrected chi connectivity index (χ3v) is 13.8. The Balaban J connectivity index is 0.000000138. The Labute approximate surface area is 256 Å². The number of allylic oxidation sites excluding steroid dienone is 5. The first-order chi connectivity index (χ1) is 18.0. The average molecular weight is 633 g/mol. The topological polar surface area (TPSA) is 35.4 Å². The van der Waals surface area contributed by atoms with Crippen molar-refractivity contribution in [2.45, 2.75) is 82.9 Å². The van der Waals surface area contributed by atoms with Crippen LogP contribution in [0, 0.1) is 0 Å². The van der Waals surface area contributed by atoms with Gasteiger partial charge < -0.3 is 5.11 Å². The first-order valence-corrected chi connectivity index (χ1v) is 18.5. The molecule has 2 aromatic carbocycles. The fourth-order valence-electron chi connectivity index (χ4n) is 5.91. The van der Waals surface area contributed by atoms with E-state index in [2.05, 4.69) is 95.2 Å². The van der Waals surface area contributed by atoms with E-state index in [0.29, 0.717) is 5.02 Å². The van der Waals surface area contributed by atoms with Crippen molar-refractivity contribution < 1.29 is 29.8 Å². The van der Waals surface area contributed by atoms with Crippen LogP contribution in [0.5, 0.6) is 5.75 Å². The van der Waals surface area contributed by atoms with Crippen molar-refractivity contribution in [3.8, 4) is 5.75 Å². The van der Waals surface area contributed by atoms with Gasteiger partial charge in [0.2, 0.25) is 0 Å². The van der Waals surface area contributed by atoms with Gasteiger partial charge in [-0.25, -0.2) is 0 Å². The summed E-state index contributed by atoms with van der Waals surface area (Å²) < 4.78 is 0.721. The second-order valence-corrected chi connectivity index (χ2v) is 19.5. The fourth-order valence-corrected chi connectivity index (χ4v) is 10.8. The first kappa shape index (κ1) is 30.2. The van der Waals surface area contributed by atoms with Gasteiger partial charge in [0.1, 0.15) is 8.07 Å². The van der Waals surface area contributed by atoms with Gasteiger partial charge in [0.15, 0.2) is 0 Å². The van der Waals surface area contributed by atoms with Crippen LogP contribution in [0.1, 0.15) is 81.3 Å². The molecule has 2 aliphatic carbocycles. The molecule has 0 N–H and O–H groups in total. The van der Waals surface area contributed by atoms with E-state index in [4.69, 9.17) is 11.6 Å². The minimum atomic E-state index is -1.17. The van der Waals surface area contributed by atoms with Crippen LogP contribution in [0.25, 0.3) is 6.08 Å². The normalized spacial score (nSPS) is 19.8. The van der Waals surface area contributed by atoms with Crippen molar-refractivity contribution in [3.63, 3.8) is 0 Å². The Hall–Kier alpha value is -1.74. The van der Waals surface area contributed by atoms with Crippen LogP contribution in [0.4, 0.5) is 0 Å². The smallest absolute Gasteiger partial charge is 0.116 e. The van der Waals surface area contributed by atoms with Gasteiger partial charge in [-0.05, 0) is 45.3 Å². The molecule has 0 fully saturated rings. The summed E-state index contributed by atoms with van der Waals surface area (Å²) in [5.41, 5.74) is 9.97. The van der Waals surface area contributed by atoms with E-state index in [9.17, 15) is 5.11 Å². The summed E-state index contributed by atoms with van der Waals surface area (Å²) in [6.07, 6.45) is 6.74. The molecule has 0 aromatic heterocycles. The number of halogens is 1. The first-order valence-electron chi connectivity index (χ1n) is 13.7. The molecule has 5 heteroatoms. The predicted molar refractivity (Wildman–Crippen MR) is 165 cm³/mol. The molecule has 2 aromatic rings. The van der Waals surface area contributed by atoms with Gasteiger partial charge in [-0.3, -0.25) is 4.99 Å². The van der Waals surface area contributed by atoms with E-state index in [-0.39, 0.29) is 16.6 Å². The van der Waals surface area contributed by atoms with Crippen LogP contribution in [0.15, 0.2) is 80.8 Å². The van der Waals surface area contributed by atoms with Gasteiger partial charge >= 0.3 is 82.3 Å². The molecule has 0 saturated carbocycles. The van der Waals surface area contributed by atoms with Crippen LogP contribution < -0.4 is 5.11 Å². The molecule has 0 radical (unpaired) electrons. The molecule has 1 atom stereocenters. The van der Waals surface area contributed by atoms with E-state index < -0.39 is 8.07 Å². The number of aliphatic imine (C=N–C) groups is 1. The quantitative estimate of drug-likeness (QED) is 0.267. The average Bonchev–Trinajstić information content (AvgIpc) is 3.41. The molecule has 2 aliphatic heterocycles. The van der Waals surface area contributed by atoms with Gasteiger partial charge in [0.25, 0.3) is 0 Å². The molecule has 4 aliphatic rings.